The van der Waals surface area contributed by atoms with Gasteiger partial charge in [-0.3, -0.25) is 9.59 Å². The Kier molecular flexibility index (Phi) is 4.13. The average molecular weight is 346 g/mol. The molecule has 3 aromatic rings. The van der Waals surface area contributed by atoms with E-state index in [0.717, 1.165) is 0 Å². The molecule has 1 amide bonds. The number of methoxy groups -OCH3 is 2. The van der Waals surface area contributed by atoms with Crippen LogP contribution < -0.4 is 20.3 Å². The van der Waals surface area contributed by atoms with Crippen molar-refractivity contribution in [2.24, 2.45) is 0 Å². The molecule has 0 unspecified atom stereocenters. The zero-order valence-corrected chi connectivity index (χ0v) is 13.7. The van der Waals surface area contributed by atoms with Crippen LogP contribution in [0.5, 0.6) is 17.2 Å². The molecule has 7 nitrogen and oxygen atoms in total. The predicted molar refractivity (Wildman–Crippen MR) is 91.6 cm³/mol. The lowest BCUT2D eigenvalue weighted by Gasteiger charge is -2.12. The van der Waals surface area contributed by atoms with Gasteiger partial charge in [0.25, 0.3) is 11.5 Å². The minimum absolute atomic E-state index is 0.326. The molecule has 0 aliphatic rings. The third-order valence-corrected chi connectivity index (χ3v) is 4.40. The molecule has 0 spiro atoms. The first-order chi connectivity index (χ1) is 11.5. The molecule has 124 valence electrons. The van der Waals surface area contributed by atoms with Crippen molar-refractivity contribution in [2.45, 2.75) is 0 Å². The van der Waals surface area contributed by atoms with Crippen molar-refractivity contribution in [3.63, 3.8) is 0 Å². The quantitative estimate of drug-likeness (QED) is 0.674. The van der Waals surface area contributed by atoms with Crippen molar-refractivity contribution in [1.82, 2.24) is 4.98 Å². The zero-order chi connectivity index (χ0) is 17.3. The Labute approximate surface area is 140 Å². The summed E-state index contributed by atoms with van der Waals surface area (Å²) < 4.78 is 10.7. The minimum Gasteiger partial charge on any atom is -0.505 e. The molecule has 0 bridgehead atoms. The van der Waals surface area contributed by atoms with Crippen LogP contribution in [0.25, 0.3) is 10.2 Å². The number of pyridine rings is 1. The monoisotopic (exact) mass is 346 g/mol. The van der Waals surface area contributed by atoms with Gasteiger partial charge < -0.3 is 24.9 Å². The second kappa shape index (κ2) is 6.25. The van der Waals surface area contributed by atoms with Crippen LogP contribution in [0.3, 0.4) is 0 Å². The summed E-state index contributed by atoms with van der Waals surface area (Å²) in [4.78, 5) is 27.2. The molecule has 0 saturated carbocycles. The van der Waals surface area contributed by atoms with Crippen LogP contribution in [-0.4, -0.2) is 30.2 Å². The summed E-state index contributed by atoms with van der Waals surface area (Å²) in [5.41, 5.74) is -0.211. The molecular weight excluding hydrogens is 332 g/mol. The lowest BCUT2D eigenvalue weighted by atomic mass is 10.2. The van der Waals surface area contributed by atoms with Gasteiger partial charge in [0.05, 0.1) is 30.1 Å². The normalized spacial score (nSPS) is 10.6. The van der Waals surface area contributed by atoms with Crippen LogP contribution in [0.4, 0.5) is 5.69 Å². The maximum Gasteiger partial charge on any atom is 0.265 e. The third-order valence-electron chi connectivity index (χ3n) is 3.47. The van der Waals surface area contributed by atoms with Gasteiger partial charge in [0, 0.05) is 6.07 Å². The zero-order valence-electron chi connectivity index (χ0n) is 12.9. The maximum atomic E-state index is 12.5. The summed E-state index contributed by atoms with van der Waals surface area (Å²) >= 11 is 1.23. The number of ether oxygens (including phenoxy) is 2. The van der Waals surface area contributed by atoms with E-state index < -0.39 is 11.5 Å². The van der Waals surface area contributed by atoms with Crippen molar-refractivity contribution in [2.75, 3.05) is 19.5 Å². The molecule has 0 saturated heterocycles. The lowest BCUT2D eigenvalue weighted by Crippen LogP contribution is -2.23. The van der Waals surface area contributed by atoms with Gasteiger partial charge in [-0.25, -0.2) is 0 Å². The van der Waals surface area contributed by atoms with E-state index in [1.807, 2.05) is 0 Å². The molecule has 8 heteroatoms. The number of anilines is 1. The van der Waals surface area contributed by atoms with Crippen LogP contribution in [0, 0.1) is 0 Å². The van der Waals surface area contributed by atoms with Crippen LogP contribution in [0.15, 0.2) is 34.4 Å². The molecule has 2 aromatic heterocycles. The molecule has 3 N–H and O–H groups in total. The van der Waals surface area contributed by atoms with Crippen LogP contribution in [0.2, 0.25) is 0 Å². The summed E-state index contributed by atoms with van der Waals surface area (Å²) in [6.07, 6.45) is 0. The van der Waals surface area contributed by atoms with Gasteiger partial charge in [-0.1, -0.05) is 0 Å². The Morgan fingerprint density at radius 1 is 1.25 bits per heavy atom. The lowest BCUT2D eigenvalue weighted by molar-refractivity contribution is 0.102. The Hall–Kier alpha value is -3.00. The number of nitrogens with one attached hydrogen (secondary N) is 2. The number of amides is 1. The van der Waals surface area contributed by atoms with Gasteiger partial charge in [-0.15, -0.1) is 11.3 Å². The fraction of sp³-hybridized carbons (Fsp3) is 0.125. The molecule has 3 rings (SSSR count). The number of carbonyl (C=O) groups is 1. The van der Waals surface area contributed by atoms with Crippen LogP contribution in [-0.2, 0) is 0 Å². The van der Waals surface area contributed by atoms with Crippen molar-refractivity contribution < 1.29 is 19.4 Å². The van der Waals surface area contributed by atoms with E-state index in [1.165, 1.54) is 25.6 Å². The highest BCUT2D eigenvalue weighted by atomic mass is 32.1. The number of aromatic nitrogens is 1. The Balaban J connectivity index is 2.03. The standard InChI is InChI=1S/C16H14N2O5S/c1-22-8-3-4-11(23-2)10(7-8)18-16(21)12-13(19)14-9(5-6-24-14)17-15(12)20/h3-7H,1-2H3,(H,18,21)(H2,17,19,20). The molecule has 0 atom stereocenters. The number of carbonyl (C=O) groups excluding carboxylic acids is 1. The molecule has 0 radical (unpaired) electrons. The van der Waals surface area contributed by atoms with E-state index in [1.54, 1.807) is 29.6 Å². The number of rotatable bonds is 4. The van der Waals surface area contributed by atoms with Gasteiger partial charge in [0.1, 0.15) is 17.1 Å². The third kappa shape index (κ3) is 2.67. The highest BCUT2D eigenvalue weighted by Gasteiger charge is 2.21. The van der Waals surface area contributed by atoms with E-state index in [-0.39, 0.29) is 11.3 Å². The van der Waals surface area contributed by atoms with Gasteiger partial charge in [-0.05, 0) is 23.6 Å². The van der Waals surface area contributed by atoms with Gasteiger partial charge >= 0.3 is 0 Å². The number of hydrogen-bond donors (Lipinski definition) is 3. The van der Waals surface area contributed by atoms with E-state index >= 15 is 0 Å². The van der Waals surface area contributed by atoms with E-state index in [2.05, 4.69) is 10.3 Å². The average Bonchev–Trinajstić information content (AvgIpc) is 3.03. The van der Waals surface area contributed by atoms with Gasteiger partial charge in [-0.2, -0.15) is 0 Å². The van der Waals surface area contributed by atoms with Crippen LogP contribution >= 0.6 is 11.3 Å². The Bertz CT molecular complexity index is 976. The fourth-order valence-corrected chi connectivity index (χ4v) is 3.10. The summed E-state index contributed by atoms with van der Waals surface area (Å²) in [5.74, 6) is -0.172. The molecule has 0 aliphatic carbocycles. The topological polar surface area (TPSA) is 101 Å². The summed E-state index contributed by atoms with van der Waals surface area (Å²) in [6.45, 7) is 0. The largest absolute Gasteiger partial charge is 0.505 e. The molecule has 24 heavy (non-hydrogen) atoms. The van der Waals surface area contributed by atoms with Crippen molar-refractivity contribution in [3.05, 3.63) is 45.6 Å². The highest BCUT2D eigenvalue weighted by molar-refractivity contribution is 7.17. The summed E-state index contributed by atoms with van der Waals surface area (Å²) in [5, 5.41) is 14.6. The van der Waals surface area contributed by atoms with Crippen molar-refractivity contribution in [1.29, 1.82) is 0 Å². The maximum absolute atomic E-state index is 12.5. The van der Waals surface area contributed by atoms with Gasteiger partial charge in [0.2, 0.25) is 0 Å². The Morgan fingerprint density at radius 2 is 2.04 bits per heavy atom. The SMILES string of the molecule is COc1ccc(OC)c(NC(=O)c2c(O)c3sccc3[nH]c2=O)c1. The molecule has 0 fully saturated rings. The first kappa shape index (κ1) is 15.9. The smallest absolute Gasteiger partial charge is 0.265 e. The Morgan fingerprint density at radius 3 is 2.75 bits per heavy atom. The summed E-state index contributed by atoms with van der Waals surface area (Å²) in [7, 11) is 2.95. The summed E-state index contributed by atoms with van der Waals surface area (Å²) in [6, 6.07) is 6.52. The van der Waals surface area contributed by atoms with E-state index in [9.17, 15) is 14.7 Å². The number of hydrogen-bond acceptors (Lipinski definition) is 6. The molecular formula is C16H14N2O5S. The van der Waals surface area contributed by atoms with Crippen molar-refractivity contribution in [3.8, 4) is 17.2 Å². The van der Waals surface area contributed by atoms with Crippen molar-refractivity contribution >= 4 is 33.1 Å². The van der Waals surface area contributed by atoms with E-state index in [0.29, 0.717) is 27.4 Å². The molecule has 1 aromatic carbocycles. The molecule has 2 heterocycles. The van der Waals surface area contributed by atoms with Gasteiger partial charge in [0.15, 0.2) is 5.75 Å². The number of aromatic amines is 1. The van der Waals surface area contributed by atoms with E-state index in [4.69, 9.17) is 9.47 Å². The fourth-order valence-electron chi connectivity index (χ4n) is 2.30. The number of aromatic hydroxyl groups is 1. The minimum atomic E-state index is -0.740. The first-order valence-electron chi connectivity index (χ1n) is 6.91. The molecule has 0 aliphatic heterocycles. The number of thiophene rings is 1. The number of benzene rings is 1. The second-order valence-corrected chi connectivity index (χ2v) is 5.78. The number of H-pyrrole nitrogens is 1. The second-order valence-electron chi connectivity index (χ2n) is 4.86. The first-order valence-corrected chi connectivity index (χ1v) is 7.79. The highest BCUT2D eigenvalue weighted by Crippen LogP contribution is 2.32. The number of fused-ring (bicyclic) bond motifs is 1. The van der Waals surface area contributed by atoms with Crippen LogP contribution in [0.1, 0.15) is 10.4 Å². The predicted octanol–water partition coefficient (Wildman–Crippen LogP) is 2.56.